The summed E-state index contributed by atoms with van der Waals surface area (Å²) in [4.78, 5) is 6.21. The highest BCUT2D eigenvalue weighted by molar-refractivity contribution is 6.30. The number of guanidine groups is 1. The Morgan fingerprint density at radius 2 is 2.30 bits per heavy atom. The molecule has 2 rings (SSSR count). The number of furan rings is 1. The van der Waals surface area contributed by atoms with Gasteiger partial charge in [0.2, 0.25) is 0 Å². The van der Waals surface area contributed by atoms with Crippen LogP contribution in [-0.4, -0.2) is 41.2 Å². The van der Waals surface area contributed by atoms with Crippen molar-refractivity contribution in [2.45, 2.75) is 19.1 Å². The molecule has 0 fully saturated rings. The maximum Gasteiger partial charge on any atom is 0.193 e. The van der Waals surface area contributed by atoms with Crippen LogP contribution >= 0.6 is 11.6 Å². The first-order chi connectivity index (χ1) is 10.8. The number of aliphatic hydroxyl groups is 1. The second-order valence-corrected chi connectivity index (χ2v) is 6.20. The van der Waals surface area contributed by atoms with Crippen molar-refractivity contribution in [3.8, 4) is 0 Å². The third kappa shape index (κ3) is 4.30. The fourth-order valence-electron chi connectivity index (χ4n) is 2.35. The van der Waals surface area contributed by atoms with Gasteiger partial charge in [0, 0.05) is 33.0 Å². The molecule has 0 aliphatic rings. The lowest BCUT2D eigenvalue weighted by Gasteiger charge is -2.26. The molecule has 2 aromatic rings. The second kappa shape index (κ2) is 7.10. The number of hydrogen-bond acceptors (Lipinski definition) is 3. The van der Waals surface area contributed by atoms with E-state index in [1.54, 1.807) is 32.4 Å². The Labute approximate surface area is 141 Å². The van der Waals surface area contributed by atoms with E-state index in [-0.39, 0.29) is 6.54 Å². The largest absolute Gasteiger partial charge is 0.466 e. The highest BCUT2D eigenvalue weighted by Gasteiger charge is 2.26. The summed E-state index contributed by atoms with van der Waals surface area (Å²) in [5.41, 5.74) is -0.0487. The van der Waals surface area contributed by atoms with Crippen LogP contribution in [0.4, 0.5) is 0 Å². The minimum atomic E-state index is -1.12. The first kappa shape index (κ1) is 17.4. The Morgan fingerprint density at radius 1 is 1.57 bits per heavy atom. The molecule has 0 saturated carbocycles. The van der Waals surface area contributed by atoms with Crippen LogP contribution < -0.4 is 5.32 Å². The molecule has 1 atom stereocenters. The molecular formula is C16H23ClN4O2. The molecule has 0 aliphatic heterocycles. The number of aliphatic imine (C=N–C) groups is 1. The van der Waals surface area contributed by atoms with Crippen LogP contribution in [0, 0.1) is 0 Å². The van der Waals surface area contributed by atoms with Crippen molar-refractivity contribution in [2.24, 2.45) is 12.0 Å². The average molecular weight is 339 g/mol. The van der Waals surface area contributed by atoms with E-state index in [0.29, 0.717) is 23.3 Å². The van der Waals surface area contributed by atoms with Crippen LogP contribution in [0.2, 0.25) is 5.02 Å². The van der Waals surface area contributed by atoms with E-state index in [1.165, 1.54) is 0 Å². The predicted molar refractivity (Wildman–Crippen MR) is 91.5 cm³/mol. The number of nitrogens with one attached hydrogen (secondary N) is 1. The molecule has 0 aliphatic carbocycles. The van der Waals surface area contributed by atoms with Crippen molar-refractivity contribution in [1.82, 2.24) is 14.8 Å². The number of aryl methyl sites for hydroxylation is 1. The minimum Gasteiger partial charge on any atom is -0.466 e. The lowest BCUT2D eigenvalue weighted by molar-refractivity contribution is 0.0381. The van der Waals surface area contributed by atoms with Gasteiger partial charge in [-0.1, -0.05) is 11.6 Å². The normalized spacial score (nSPS) is 14.6. The molecule has 7 heteroatoms. The number of hydrogen-bond donors (Lipinski definition) is 2. The maximum atomic E-state index is 10.5. The Hall–Kier alpha value is -1.92. The summed E-state index contributed by atoms with van der Waals surface area (Å²) in [6.45, 7) is 2.63. The predicted octanol–water partition coefficient (Wildman–Crippen LogP) is 2.19. The molecule has 0 aromatic carbocycles. The highest BCUT2D eigenvalue weighted by Crippen LogP contribution is 2.20. The van der Waals surface area contributed by atoms with Crippen LogP contribution in [0.15, 0.2) is 40.1 Å². The minimum absolute atomic E-state index is 0.283. The topological polar surface area (TPSA) is 65.9 Å². The standard InChI is InChI=1S/C16H23ClN4O2/c1-16(22,14-6-5-7-23-14)11-19-15(18-2)21(4)10-13-8-12(17)9-20(13)3/h5-9,22H,10-11H2,1-4H3,(H,18,19). The van der Waals surface area contributed by atoms with Crippen molar-refractivity contribution in [2.75, 3.05) is 20.6 Å². The molecule has 0 bridgehead atoms. The van der Waals surface area contributed by atoms with Gasteiger partial charge in [0.15, 0.2) is 5.96 Å². The van der Waals surface area contributed by atoms with Gasteiger partial charge in [-0.2, -0.15) is 0 Å². The van der Waals surface area contributed by atoms with Crippen LogP contribution in [0.3, 0.4) is 0 Å². The molecular weight excluding hydrogens is 316 g/mol. The van der Waals surface area contributed by atoms with Gasteiger partial charge in [-0.3, -0.25) is 4.99 Å². The Morgan fingerprint density at radius 3 is 2.83 bits per heavy atom. The summed E-state index contributed by atoms with van der Waals surface area (Å²) in [5, 5.41) is 14.4. The van der Waals surface area contributed by atoms with Crippen molar-refractivity contribution in [3.05, 3.63) is 47.1 Å². The van der Waals surface area contributed by atoms with Gasteiger partial charge in [0.1, 0.15) is 11.4 Å². The first-order valence-electron chi connectivity index (χ1n) is 7.32. The van der Waals surface area contributed by atoms with Gasteiger partial charge in [-0.25, -0.2) is 0 Å². The van der Waals surface area contributed by atoms with Crippen LogP contribution in [-0.2, 0) is 19.2 Å². The lowest BCUT2D eigenvalue weighted by atomic mass is 10.0. The van der Waals surface area contributed by atoms with E-state index in [0.717, 1.165) is 5.69 Å². The molecule has 0 radical (unpaired) electrons. The molecule has 2 N–H and O–H groups in total. The molecule has 126 valence electrons. The average Bonchev–Trinajstić information content (AvgIpc) is 3.10. The zero-order valence-electron chi connectivity index (χ0n) is 13.9. The van der Waals surface area contributed by atoms with Crippen LogP contribution in [0.1, 0.15) is 18.4 Å². The van der Waals surface area contributed by atoms with Crippen molar-refractivity contribution in [1.29, 1.82) is 0 Å². The summed E-state index contributed by atoms with van der Waals surface area (Å²) in [6.07, 6.45) is 3.41. The van der Waals surface area contributed by atoms with Crippen molar-refractivity contribution >= 4 is 17.6 Å². The second-order valence-electron chi connectivity index (χ2n) is 5.77. The molecule has 0 spiro atoms. The Bertz CT molecular complexity index is 662. The van der Waals surface area contributed by atoms with Gasteiger partial charge in [0.05, 0.1) is 24.4 Å². The molecule has 6 nitrogen and oxygen atoms in total. The van der Waals surface area contributed by atoms with E-state index in [1.807, 2.05) is 35.8 Å². The van der Waals surface area contributed by atoms with Gasteiger partial charge < -0.3 is 24.3 Å². The van der Waals surface area contributed by atoms with Crippen LogP contribution in [0.5, 0.6) is 0 Å². The maximum absolute atomic E-state index is 10.5. The van der Waals surface area contributed by atoms with E-state index in [9.17, 15) is 5.11 Å². The quantitative estimate of drug-likeness (QED) is 0.648. The number of aromatic nitrogens is 1. The summed E-state index contributed by atoms with van der Waals surface area (Å²) in [6, 6.07) is 5.42. The Balaban J connectivity index is 1.98. The molecule has 2 heterocycles. The summed E-state index contributed by atoms with van der Waals surface area (Å²) >= 11 is 6.01. The van der Waals surface area contributed by atoms with E-state index < -0.39 is 5.60 Å². The molecule has 1 unspecified atom stereocenters. The SMILES string of the molecule is CN=C(NCC(C)(O)c1ccco1)N(C)Cc1cc(Cl)cn1C. The third-order valence-electron chi connectivity index (χ3n) is 3.69. The third-order valence-corrected chi connectivity index (χ3v) is 3.90. The van der Waals surface area contributed by atoms with E-state index in [2.05, 4.69) is 10.3 Å². The fraction of sp³-hybridized carbons (Fsp3) is 0.438. The van der Waals surface area contributed by atoms with E-state index >= 15 is 0 Å². The number of rotatable bonds is 5. The van der Waals surface area contributed by atoms with Crippen molar-refractivity contribution in [3.63, 3.8) is 0 Å². The number of nitrogens with zero attached hydrogens (tertiary/aromatic N) is 3. The van der Waals surface area contributed by atoms with Crippen molar-refractivity contribution < 1.29 is 9.52 Å². The zero-order valence-corrected chi connectivity index (χ0v) is 14.6. The molecule has 23 heavy (non-hydrogen) atoms. The van der Waals surface area contributed by atoms with E-state index in [4.69, 9.17) is 16.0 Å². The molecule has 0 amide bonds. The zero-order chi connectivity index (χ0) is 17.0. The fourth-order valence-corrected chi connectivity index (χ4v) is 2.62. The summed E-state index contributed by atoms with van der Waals surface area (Å²) in [7, 11) is 5.59. The Kier molecular flexibility index (Phi) is 5.38. The number of halogens is 1. The van der Waals surface area contributed by atoms with Gasteiger partial charge in [-0.05, 0) is 25.1 Å². The highest BCUT2D eigenvalue weighted by atomic mass is 35.5. The monoisotopic (exact) mass is 338 g/mol. The lowest BCUT2D eigenvalue weighted by Crippen LogP contribution is -2.45. The molecule has 0 saturated heterocycles. The first-order valence-corrected chi connectivity index (χ1v) is 7.70. The van der Waals surface area contributed by atoms with Crippen LogP contribution in [0.25, 0.3) is 0 Å². The summed E-state index contributed by atoms with van der Waals surface area (Å²) < 4.78 is 7.25. The smallest absolute Gasteiger partial charge is 0.193 e. The summed E-state index contributed by atoms with van der Waals surface area (Å²) in [5.74, 6) is 1.19. The van der Waals surface area contributed by atoms with Gasteiger partial charge in [0.25, 0.3) is 0 Å². The molecule has 2 aromatic heterocycles. The van der Waals surface area contributed by atoms with Gasteiger partial charge in [-0.15, -0.1) is 0 Å². The van der Waals surface area contributed by atoms with Gasteiger partial charge >= 0.3 is 0 Å².